The maximum absolute atomic E-state index is 12.6. The van der Waals surface area contributed by atoms with Crippen LogP contribution >= 0.6 is 0 Å². The minimum atomic E-state index is -0.226. The Morgan fingerprint density at radius 2 is 2.12 bits per heavy atom. The van der Waals surface area contributed by atoms with Gasteiger partial charge in [0.05, 0.1) is 11.6 Å². The Hall–Kier alpha value is -3.22. The molecule has 0 fully saturated rings. The van der Waals surface area contributed by atoms with Crippen molar-refractivity contribution in [2.24, 2.45) is 0 Å². The molecule has 0 radical (unpaired) electrons. The number of rotatable bonds is 6. The summed E-state index contributed by atoms with van der Waals surface area (Å²) in [6.45, 7) is 3.73. The lowest BCUT2D eigenvalue weighted by Gasteiger charge is -2.15. The Balaban J connectivity index is 1.70. The first kappa shape index (κ1) is 16.6. The molecule has 1 N–H and O–H groups in total. The van der Waals surface area contributed by atoms with Crippen LogP contribution in [-0.4, -0.2) is 21.0 Å². The number of ether oxygens (including phenoxy) is 1. The van der Waals surface area contributed by atoms with Crippen molar-refractivity contribution in [3.05, 3.63) is 71.6 Å². The minimum Gasteiger partial charge on any atom is -0.485 e. The summed E-state index contributed by atoms with van der Waals surface area (Å²) >= 11 is 0. The highest BCUT2D eigenvalue weighted by atomic mass is 16.5. The van der Waals surface area contributed by atoms with Crippen molar-refractivity contribution < 1.29 is 14.1 Å². The van der Waals surface area contributed by atoms with Gasteiger partial charge in [-0.05, 0) is 30.7 Å². The highest BCUT2D eigenvalue weighted by Crippen LogP contribution is 2.20. The van der Waals surface area contributed by atoms with Crippen LogP contribution in [0.4, 0.5) is 0 Å². The van der Waals surface area contributed by atoms with Gasteiger partial charge < -0.3 is 14.6 Å². The van der Waals surface area contributed by atoms with Gasteiger partial charge in [0, 0.05) is 19.3 Å². The largest absolute Gasteiger partial charge is 0.485 e. The topological polar surface area (TPSA) is 90.1 Å². The number of carbonyl (C=O) groups excluding carboxylic acids is 1. The van der Waals surface area contributed by atoms with Gasteiger partial charge in [0.2, 0.25) is 11.7 Å². The number of para-hydroxylation sites is 1. The van der Waals surface area contributed by atoms with Gasteiger partial charge in [-0.15, -0.1) is 0 Å². The molecule has 25 heavy (non-hydrogen) atoms. The predicted octanol–water partition coefficient (Wildman–Crippen LogP) is 2.84. The molecule has 128 valence electrons. The second-order valence-electron chi connectivity index (χ2n) is 5.50. The van der Waals surface area contributed by atoms with Gasteiger partial charge in [0.15, 0.2) is 6.61 Å². The molecule has 0 saturated heterocycles. The monoisotopic (exact) mass is 338 g/mol. The first-order valence-electron chi connectivity index (χ1n) is 7.85. The van der Waals surface area contributed by atoms with Crippen molar-refractivity contribution in [1.29, 1.82) is 0 Å². The standard InChI is InChI=1S/C18H18N4O3/c1-12(14-6-5-9-19-10-14)20-18(23)15-7-3-4-8-16(15)24-11-17-21-13(2)25-22-17/h3-10,12H,11H2,1-2H3,(H,20,23). The van der Waals surface area contributed by atoms with Gasteiger partial charge in [-0.1, -0.05) is 23.4 Å². The Labute approximate surface area is 145 Å². The average molecular weight is 338 g/mol. The molecule has 3 aromatic rings. The van der Waals surface area contributed by atoms with Crippen LogP contribution in [0.15, 0.2) is 53.3 Å². The Kier molecular flexibility index (Phi) is 5.03. The smallest absolute Gasteiger partial charge is 0.255 e. The number of aryl methyl sites for hydroxylation is 1. The van der Waals surface area contributed by atoms with Crippen LogP contribution in [0, 0.1) is 6.92 Å². The van der Waals surface area contributed by atoms with Crippen molar-refractivity contribution in [2.75, 3.05) is 0 Å². The molecule has 3 rings (SSSR count). The summed E-state index contributed by atoms with van der Waals surface area (Å²) in [5, 5.41) is 6.72. The maximum Gasteiger partial charge on any atom is 0.255 e. The molecule has 1 aromatic carbocycles. The third-order valence-electron chi connectivity index (χ3n) is 3.59. The van der Waals surface area contributed by atoms with E-state index in [-0.39, 0.29) is 18.6 Å². The van der Waals surface area contributed by atoms with Crippen LogP contribution in [0.3, 0.4) is 0 Å². The zero-order valence-corrected chi connectivity index (χ0v) is 14.0. The van der Waals surface area contributed by atoms with E-state index in [0.29, 0.717) is 23.0 Å². The molecule has 1 unspecified atom stereocenters. The number of hydrogen-bond acceptors (Lipinski definition) is 6. The number of benzene rings is 1. The van der Waals surface area contributed by atoms with Crippen LogP contribution in [0.5, 0.6) is 5.75 Å². The van der Waals surface area contributed by atoms with E-state index in [9.17, 15) is 4.79 Å². The molecular formula is C18H18N4O3. The van der Waals surface area contributed by atoms with E-state index in [1.165, 1.54) is 0 Å². The lowest BCUT2D eigenvalue weighted by atomic mass is 10.1. The number of carbonyl (C=O) groups is 1. The second kappa shape index (κ2) is 7.57. The molecule has 0 aliphatic heterocycles. The van der Waals surface area contributed by atoms with E-state index in [1.54, 1.807) is 43.6 Å². The molecule has 0 aliphatic rings. The summed E-state index contributed by atoms with van der Waals surface area (Å²) in [7, 11) is 0. The lowest BCUT2D eigenvalue weighted by Crippen LogP contribution is -2.27. The van der Waals surface area contributed by atoms with E-state index in [4.69, 9.17) is 9.26 Å². The van der Waals surface area contributed by atoms with E-state index in [0.717, 1.165) is 5.56 Å². The third kappa shape index (κ3) is 4.20. The van der Waals surface area contributed by atoms with Gasteiger partial charge in [0.1, 0.15) is 5.75 Å². The molecule has 2 aromatic heterocycles. The quantitative estimate of drug-likeness (QED) is 0.743. The van der Waals surface area contributed by atoms with Crippen LogP contribution in [0.25, 0.3) is 0 Å². The van der Waals surface area contributed by atoms with Crippen LogP contribution in [-0.2, 0) is 6.61 Å². The molecule has 0 aliphatic carbocycles. The van der Waals surface area contributed by atoms with Gasteiger partial charge >= 0.3 is 0 Å². The minimum absolute atomic E-state index is 0.125. The summed E-state index contributed by atoms with van der Waals surface area (Å²) in [6, 6.07) is 10.6. The number of amides is 1. The normalized spacial score (nSPS) is 11.8. The number of pyridine rings is 1. The van der Waals surface area contributed by atoms with E-state index in [2.05, 4.69) is 20.4 Å². The number of hydrogen-bond donors (Lipinski definition) is 1. The molecule has 2 heterocycles. The average Bonchev–Trinajstić information content (AvgIpc) is 3.06. The fourth-order valence-electron chi connectivity index (χ4n) is 2.31. The summed E-state index contributed by atoms with van der Waals surface area (Å²) in [5.74, 6) is 1.13. The molecule has 7 heteroatoms. The van der Waals surface area contributed by atoms with E-state index in [1.807, 2.05) is 19.1 Å². The highest BCUT2D eigenvalue weighted by Gasteiger charge is 2.16. The molecule has 0 bridgehead atoms. The van der Waals surface area contributed by atoms with Crippen LogP contribution in [0.1, 0.15) is 40.6 Å². The first-order valence-corrected chi connectivity index (χ1v) is 7.85. The Morgan fingerprint density at radius 3 is 2.84 bits per heavy atom. The van der Waals surface area contributed by atoms with Crippen LogP contribution < -0.4 is 10.1 Å². The van der Waals surface area contributed by atoms with Crippen molar-refractivity contribution >= 4 is 5.91 Å². The van der Waals surface area contributed by atoms with Gasteiger partial charge in [-0.25, -0.2) is 0 Å². The number of nitrogens with zero attached hydrogens (tertiary/aromatic N) is 3. The van der Waals surface area contributed by atoms with Crippen molar-refractivity contribution in [1.82, 2.24) is 20.4 Å². The summed E-state index contributed by atoms with van der Waals surface area (Å²) in [4.78, 5) is 20.8. The second-order valence-corrected chi connectivity index (χ2v) is 5.50. The van der Waals surface area contributed by atoms with Crippen molar-refractivity contribution in [2.45, 2.75) is 26.5 Å². The van der Waals surface area contributed by atoms with Gasteiger partial charge in [-0.2, -0.15) is 4.98 Å². The fraction of sp³-hybridized carbons (Fsp3) is 0.222. The SMILES string of the molecule is Cc1nc(COc2ccccc2C(=O)NC(C)c2cccnc2)no1. The molecule has 7 nitrogen and oxygen atoms in total. The summed E-state index contributed by atoms with van der Waals surface area (Å²) in [5.41, 5.74) is 1.37. The van der Waals surface area contributed by atoms with Gasteiger partial charge in [-0.3, -0.25) is 9.78 Å². The van der Waals surface area contributed by atoms with Gasteiger partial charge in [0.25, 0.3) is 5.91 Å². The number of aromatic nitrogens is 3. The number of nitrogens with one attached hydrogen (secondary N) is 1. The Morgan fingerprint density at radius 1 is 1.28 bits per heavy atom. The third-order valence-corrected chi connectivity index (χ3v) is 3.59. The first-order chi connectivity index (χ1) is 12.1. The molecule has 1 atom stereocenters. The zero-order valence-electron chi connectivity index (χ0n) is 14.0. The molecule has 0 saturated carbocycles. The lowest BCUT2D eigenvalue weighted by molar-refractivity contribution is 0.0935. The maximum atomic E-state index is 12.6. The van der Waals surface area contributed by atoms with E-state index < -0.39 is 0 Å². The highest BCUT2D eigenvalue weighted by molar-refractivity contribution is 5.97. The molecule has 1 amide bonds. The summed E-state index contributed by atoms with van der Waals surface area (Å²) in [6.07, 6.45) is 3.42. The Bertz CT molecular complexity index is 848. The van der Waals surface area contributed by atoms with Crippen molar-refractivity contribution in [3.8, 4) is 5.75 Å². The van der Waals surface area contributed by atoms with Crippen LogP contribution in [0.2, 0.25) is 0 Å². The predicted molar refractivity (Wildman–Crippen MR) is 89.9 cm³/mol. The molecule has 0 spiro atoms. The van der Waals surface area contributed by atoms with Crippen molar-refractivity contribution in [3.63, 3.8) is 0 Å². The zero-order chi connectivity index (χ0) is 17.6. The molecular weight excluding hydrogens is 320 g/mol. The summed E-state index contributed by atoms with van der Waals surface area (Å²) < 4.78 is 10.6. The van der Waals surface area contributed by atoms with E-state index >= 15 is 0 Å². The fourth-order valence-corrected chi connectivity index (χ4v) is 2.31.